The number of nitrogens with zero attached hydrogens (tertiary/aromatic N) is 1. The average molecular weight is 101 g/mol. The molecule has 0 heterocycles. The minimum absolute atomic E-state index is 1.34. The van der Waals surface area contributed by atoms with Gasteiger partial charge in [0.2, 0.25) is 0 Å². The van der Waals surface area contributed by atoms with Crippen molar-refractivity contribution in [3.8, 4) is 0 Å². The van der Waals surface area contributed by atoms with Crippen LogP contribution in [0.3, 0.4) is 0 Å². The van der Waals surface area contributed by atoms with Gasteiger partial charge in [0, 0.05) is 18.2 Å². The van der Waals surface area contributed by atoms with Gasteiger partial charge in [0.05, 0.1) is 0 Å². The van der Waals surface area contributed by atoms with Crippen LogP contribution in [-0.2, 0) is 0 Å². The lowest BCUT2D eigenvalue weighted by molar-refractivity contribution is 1.89. The highest BCUT2D eigenvalue weighted by molar-refractivity contribution is 8.00. The third-order valence-corrected chi connectivity index (χ3v) is 0.722. The molecule has 0 aromatic carbocycles. The molecule has 0 N–H and O–H groups in total. The van der Waals surface area contributed by atoms with Gasteiger partial charge >= 0.3 is 0 Å². The Kier molecular flexibility index (Phi) is 4.57. The Bertz CT molecular complexity index is 58.6. The second-order valence-corrected chi connectivity index (χ2v) is 1.39. The van der Waals surface area contributed by atoms with Crippen LogP contribution in [0.2, 0.25) is 0 Å². The van der Waals surface area contributed by atoms with E-state index in [0.29, 0.717) is 0 Å². The van der Waals surface area contributed by atoms with Gasteiger partial charge in [-0.1, -0.05) is 6.58 Å². The van der Waals surface area contributed by atoms with E-state index in [1.54, 1.807) is 11.6 Å². The lowest BCUT2D eigenvalue weighted by atomic mass is 10.9. The van der Waals surface area contributed by atoms with Crippen molar-refractivity contribution in [1.29, 1.82) is 0 Å². The van der Waals surface area contributed by atoms with Crippen LogP contribution in [0.5, 0.6) is 0 Å². The molecule has 0 aliphatic heterocycles. The Morgan fingerprint density at radius 2 is 2.50 bits per heavy atom. The van der Waals surface area contributed by atoms with Crippen LogP contribution in [0.15, 0.2) is 16.4 Å². The predicted octanol–water partition coefficient (Wildman–Crippen LogP) is 1.87. The fourth-order valence-corrected chi connectivity index (χ4v) is 0.312. The maximum absolute atomic E-state index is 3.76. The van der Waals surface area contributed by atoms with Crippen molar-refractivity contribution in [1.82, 2.24) is 0 Å². The minimum Gasteiger partial charge on any atom is -0.225 e. The molecular weight excluding hydrogens is 94.1 g/mol. The van der Waals surface area contributed by atoms with Gasteiger partial charge in [-0.05, 0) is 12.3 Å². The monoisotopic (exact) mass is 101 g/mol. The first-order valence-electron chi connectivity index (χ1n) is 1.66. The molecule has 0 atom stereocenters. The molecule has 0 aromatic rings. The maximum Gasteiger partial charge on any atom is 0.00986 e. The van der Waals surface area contributed by atoms with Crippen molar-refractivity contribution in [3.63, 3.8) is 0 Å². The third kappa shape index (κ3) is 3.76. The molecule has 0 amide bonds. The summed E-state index contributed by atoms with van der Waals surface area (Å²) in [7, 11) is 0. The van der Waals surface area contributed by atoms with Gasteiger partial charge in [0.1, 0.15) is 0 Å². The lowest BCUT2D eigenvalue weighted by Crippen LogP contribution is -1.46. The number of hydrogen-bond donors (Lipinski definition) is 0. The van der Waals surface area contributed by atoms with E-state index in [1.807, 2.05) is 6.92 Å². The van der Waals surface area contributed by atoms with E-state index in [1.165, 1.54) is 11.9 Å². The lowest BCUT2D eigenvalue weighted by Gasteiger charge is -1.70. The fraction of sp³-hybridized carbons (Fsp3) is 0.250. The molecule has 2 heteroatoms. The molecule has 0 aliphatic rings. The summed E-state index contributed by atoms with van der Waals surface area (Å²) in [5.41, 5.74) is 0. The van der Waals surface area contributed by atoms with Crippen molar-refractivity contribution < 1.29 is 0 Å². The average Bonchev–Trinajstić information content (AvgIpc) is 1.61. The van der Waals surface area contributed by atoms with E-state index in [4.69, 9.17) is 0 Å². The summed E-state index contributed by atoms with van der Waals surface area (Å²) in [4.78, 5) is 0. The first kappa shape index (κ1) is 5.76. The van der Waals surface area contributed by atoms with Crippen LogP contribution in [0.1, 0.15) is 6.92 Å². The van der Waals surface area contributed by atoms with Crippen molar-refractivity contribution in [3.05, 3.63) is 12.0 Å². The zero-order valence-electron chi connectivity index (χ0n) is 3.72. The second kappa shape index (κ2) is 4.76. The molecule has 1 nitrogen and oxygen atoms in total. The Labute approximate surface area is 42.3 Å². The summed E-state index contributed by atoms with van der Waals surface area (Å²) in [6, 6.07) is 0. The van der Waals surface area contributed by atoms with Crippen molar-refractivity contribution in [2.75, 3.05) is 0 Å². The summed E-state index contributed by atoms with van der Waals surface area (Å²) in [6.45, 7) is 5.32. The molecule has 0 unspecified atom stereocenters. The molecule has 0 saturated carbocycles. The van der Waals surface area contributed by atoms with Crippen molar-refractivity contribution in [2.45, 2.75) is 6.92 Å². The summed E-state index contributed by atoms with van der Waals surface area (Å²) >= 11 is 1.34. The van der Waals surface area contributed by atoms with Crippen LogP contribution >= 0.6 is 11.9 Å². The van der Waals surface area contributed by atoms with Gasteiger partial charge in [-0.2, -0.15) is 0 Å². The van der Waals surface area contributed by atoms with Gasteiger partial charge in [0.25, 0.3) is 0 Å². The minimum atomic E-state index is 1.34. The van der Waals surface area contributed by atoms with Gasteiger partial charge < -0.3 is 0 Å². The van der Waals surface area contributed by atoms with Crippen LogP contribution in [-0.4, -0.2) is 6.21 Å². The summed E-state index contributed by atoms with van der Waals surface area (Å²) in [6.07, 6.45) is 1.73. The van der Waals surface area contributed by atoms with Crippen LogP contribution in [0.25, 0.3) is 0 Å². The predicted molar refractivity (Wildman–Crippen MR) is 32.0 cm³/mol. The molecule has 34 valence electrons. The zero-order chi connectivity index (χ0) is 4.83. The van der Waals surface area contributed by atoms with Gasteiger partial charge in [-0.15, -0.1) is 0 Å². The second-order valence-electron chi connectivity index (χ2n) is 0.636. The van der Waals surface area contributed by atoms with Crippen molar-refractivity contribution >= 4 is 18.2 Å². The normalized spacial score (nSPS) is 9.50. The van der Waals surface area contributed by atoms with Crippen LogP contribution < -0.4 is 0 Å². The number of rotatable bonds is 2. The molecule has 0 spiro atoms. The highest BCUT2D eigenvalue weighted by Gasteiger charge is 1.57. The standard InChI is InChI=1S/C4H7NS/c1-3-5-6-4-2/h3-4H,2H2,1H3/b5-3-. The Balaban J connectivity index is 2.85. The molecule has 0 aromatic heterocycles. The molecule has 0 aliphatic carbocycles. The Morgan fingerprint density at radius 3 is 2.67 bits per heavy atom. The van der Waals surface area contributed by atoms with Gasteiger partial charge in [-0.3, -0.25) is 0 Å². The fourth-order valence-electron chi connectivity index (χ4n) is 0.104. The molecule has 0 fully saturated rings. The maximum atomic E-state index is 3.76. The molecule has 0 bridgehead atoms. The van der Waals surface area contributed by atoms with Gasteiger partial charge in [0.15, 0.2) is 0 Å². The van der Waals surface area contributed by atoms with Gasteiger partial charge in [-0.25, -0.2) is 4.40 Å². The topological polar surface area (TPSA) is 12.4 Å². The van der Waals surface area contributed by atoms with E-state index >= 15 is 0 Å². The largest absolute Gasteiger partial charge is 0.225 e. The first-order valence-corrected chi connectivity index (χ1v) is 2.50. The molecule has 6 heavy (non-hydrogen) atoms. The summed E-state index contributed by atoms with van der Waals surface area (Å²) in [5.74, 6) is 0. The highest BCUT2D eigenvalue weighted by Crippen LogP contribution is 1.97. The van der Waals surface area contributed by atoms with E-state index in [9.17, 15) is 0 Å². The molecule has 0 radical (unpaired) electrons. The van der Waals surface area contributed by atoms with E-state index in [-0.39, 0.29) is 0 Å². The number of hydrogen-bond acceptors (Lipinski definition) is 2. The summed E-state index contributed by atoms with van der Waals surface area (Å²) in [5, 5.41) is 1.68. The smallest absolute Gasteiger partial charge is 0.00986 e. The van der Waals surface area contributed by atoms with Crippen molar-refractivity contribution in [2.24, 2.45) is 4.40 Å². The molecule has 0 rings (SSSR count). The van der Waals surface area contributed by atoms with E-state index < -0.39 is 0 Å². The summed E-state index contributed by atoms with van der Waals surface area (Å²) < 4.78 is 3.76. The SMILES string of the molecule is C=CS/N=C\C. The first-order chi connectivity index (χ1) is 2.91. The van der Waals surface area contributed by atoms with E-state index in [0.717, 1.165) is 0 Å². The third-order valence-electron chi connectivity index (χ3n) is 0.241. The van der Waals surface area contributed by atoms with Crippen LogP contribution in [0, 0.1) is 0 Å². The van der Waals surface area contributed by atoms with E-state index in [2.05, 4.69) is 11.0 Å². The molecule has 0 saturated heterocycles. The zero-order valence-corrected chi connectivity index (χ0v) is 4.53. The quantitative estimate of drug-likeness (QED) is 0.382. The molecular formula is C4H7NS. The highest BCUT2D eigenvalue weighted by atomic mass is 32.2. The Morgan fingerprint density at radius 1 is 1.83 bits per heavy atom. The Hall–Kier alpha value is -0.240. The van der Waals surface area contributed by atoms with Crippen LogP contribution in [0.4, 0.5) is 0 Å².